The predicted octanol–water partition coefficient (Wildman–Crippen LogP) is 16.9. The minimum atomic E-state index is -0.388. The highest BCUT2D eigenvalue weighted by atomic mass is 16.3. The van der Waals surface area contributed by atoms with E-state index in [4.69, 9.17) is 18.8 Å². The molecule has 14 rings (SSSR count). The molecule has 0 saturated heterocycles. The number of benzene rings is 9. The van der Waals surface area contributed by atoms with E-state index in [1.54, 1.807) is 0 Å². The maximum atomic E-state index is 6.75. The molecule has 72 heavy (non-hydrogen) atoms. The molecule has 2 aromatic heterocycles. The van der Waals surface area contributed by atoms with Gasteiger partial charge >= 0.3 is 0 Å². The van der Waals surface area contributed by atoms with E-state index in [0.29, 0.717) is 23.6 Å². The maximum Gasteiger partial charge on any atom is 0.160 e. The minimum Gasteiger partial charge on any atom is -0.456 e. The van der Waals surface area contributed by atoms with Crippen LogP contribution in [0.15, 0.2) is 243 Å². The van der Waals surface area contributed by atoms with E-state index >= 15 is 0 Å². The van der Waals surface area contributed by atoms with Crippen LogP contribution in [0.4, 0.5) is 0 Å². The summed E-state index contributed by atoms with van der Waals surface area (Å²) in [7, 11) is 2.08. The average molecular weight is 928 g/mol. The maximum absolute atomic E-state index is 6.75. The second-order valence-corrected chi connectivity index (χ2v) is 19.7. The molecular weight excluding hydrogens is 879 g/mol. The van der Waals surface area contributed by atoms with Gasteiger partial charge in [-0.25, -0.2) is 9.98 Å². The Morgan fingerprint density at radius 3 is 2.04 bits per heavy atom. The smallest absolute Gasteiger partial charge is 0.160 e. The summed E-state index contributed by atoms with van der Waals surface area (Å²) in [5, 5.41) is 4.19. The van der Waals surface area contributed by atoms with Crippen LogP contribution in [0.5, 0.6) is 0 Å². The third-order valence-electron chi connectivity index (χ3n) is 15.6. The summed E-state index contributed by atoms with van der Waals surface area (Å²) in [6, 6.07) is 75.7. The van der Waals surface area contributed by atoms with Gasteiger partial charge in [-0.15, -0.1) is 0 Å². The van der Waals surface area contributed by atoms with Crippen molar-refractivity contribution in [3.63, 3.8) is 0 Å². The number of furan rings is 2. The van der Waals surface area contributed by atoms with Crippen LogP contribution in [0.2, 0.25) is 0 Å². The Morgan fingerprint density at radius 1 is 0.500 bits per heavy atom. The first-order valence-corrected chi connectivity index (χ1v) is 25.1. The van der Waals surface area contributed by atoms with Crippen LogP contribution in [0, 0.1) is 11.8 Å². The first-order chi connectivity index (χ1) is 35.5. The monoisotopic (exact) mass is 927 g/mol. The Kier molecular flexibility index (Phi) is 9.92. The van der Waals surface area contributed by atoms with E-state index in [2.05, 4.69) is 225 Å². The molecule has 0 amide bonds. The molecule has 0 radical (unpaired) electrons. The van der Waals surface area contributed by atoms with Gasteiger partial charge < -0.3 is 13.7 Å². The number of hydrogen-bond acceptors (Lipinski definition) is 5. The first-order valence-electron chi connectivity index (χ1n) is 25.1. The molecule has 9 aromatic carbocycles. The van der Waals surface area contributed by atoms with Gasteiger partial charge in [-0.05, 0) is 98.7 Å². The Morgan fingerprint density at radius 2 is 1.19 bits per heavy atom. The molecule has 0 spiro atoms. The number of para-hydroxylation sites is 1. The van der Waals surface area contributed by atoms with Crippen molar-refractivity contribution in [1.82, 2.24) is 4.90 Å². The SMILES string of the molecule is CC1C2CC=C(c3cccc(-c4ccc5oc6cccc(C7=NC(c8ccc9c(c8)oc8c(-c%10ccccc%10)cccc89)N(C)C(c8ccccc8)=N7)c6c5c4)c3)C=C2c2ccccc2C1c1ccccc1. The van der Waals surface area contributed by atoms with Gasteiger partial charge in [-0.3, -0.25) is 0 Å². The van der Waals surface area contributed by atoms with E-state index in [0.717, 1.165) is 95.1 Å². The molecule has 11 aromatic rings. The third kappa shape index (κ3) is 6.91. The fourth-order valence-electron chi connectivity index (χ4n) is 12.1. The fourth-order valence-corrected chi connectivity index (χ4v) is 12.1. The number of nitrogens with zero attached hydrogens (tertiary/aromatic N) is 3. The van der Waals surface area contributed by atoms with E-state index in [1.165, 1.54) is 33.4 Å². The van der Waals surface area contributed by atoms with Gasteiger partial charge in [0.25, 0.3) is 0 Å². The number of amidine groups is 2. The Bertz CT molecular complexity index is 4060. The third-order valence-corrected chi connectivity index (χ3v) is 15.6. The summed E-state index contributed by atoms with van der Waals surface area (Å²) in [6.45, 7) is 2.45. The molecule has 0 bridgehead atoms. The molecule has 0 saturated carbocycles. The molecule has 3 heterocycles. The van der Waals surface area contributed by atoms with Crippen LogP contribution < -0.4 is 0 Å². The van der Waals surface area contributed by atoms with Crippen molar-refractivity contribution in [1.29, 1.82) is 0 Å². The highest BCUT2D eigenvalue weighted by molar-refractivity contribution is 6.22. The zero-order valence-corrected chi connectivity index (χ0v) is 40.0. The van der Waals surface area contributed by atoms with Crippen molar-refractivity contribution >= 4 is 66.7 Å². The molecule has 2 aliphatic carbocycles. The van der Waals surface area contributed by atoms with Crippen molar-refractivity contribution in [2.45, 2.75) is 25.4 Å². The van der Waals surface area contributed by atoms with Crippen molar-refractivity contribution in [3.8, 4) is 22.3 Å². The zero-order chi connectivity index (χ0) is 47.9. The molecule has 0 fully saturated rings. The van der Waals surface area contributed by atoms with Crippen molar-refractivity contribution in [2.24, 2.45) is 21.8 Å². The molecular formula is C67H49N3O2. The molecule has 344 valence electrons. The quantitative estimate of drug-likeness (QED) is 0.160. The van der Waals surface area contributed by atoms with Crippen molar-refractivity contribution < 1.29 is 8.83 Å². The lowest BCUT2D eigenvalue weighted by molar-refractivity contribution is 0.383. The first kappa shape index (κ1) is 42.1. The lowest BCUT2D eigenvalue weighted by Gasteiger charge is -2.41. The summed E-state index contributed by atoms with van der Waals surface area (Å²) in [5.41, 5.74) is 18.9. The van der Waals surface area contributed by atoms with Crippen LogP contribution in [0.25, 0.3) is 77.3 Å². The van der Waals surface area contributed by atoms with Gasteiger partial charge in [-0.2, -0.15) is 0 Å². The van der Waals surface area contributed by atoms with Gasteiger partial charge in [-0.1, -0.05) is 201 Å². The number of aliphatic imine (C=N–C) groups is 2. The van der Waals surface area contributed by atoms with Crippen LogP contribution in [0.1, 0.15) is 64.4 Å². The van der Waals surface area contributed by atoms with Crippen LogP contribution in [0.3, 0.4) is 0 Å². The molecule has 4 atom stereocenters. The summed E-state index contributed by atoms with van der Waals surface area (Å²) >= 11 is 0. The second kappa shape index (κ2) is 17.0. The van der Waals surface area contributed by atoms with Gasteiger partial charge in [0.05, 0.1) is 0 Å². The lowest BCUT2D eigenvalue weighted by atomic mass is 9.62. The molecule has 0 N–H and O–H groups in total. The summed E-state index contributed by atoms with van der Waals surface area (Å²) in [4.78, 5) is 13.1. The summed E-state index contributed by atoms with van der Waals surface area (Å²) < 4.78 is 13.4. The number of rotatable bonds is 7. The summed E-state index contributed by atoms with van der Waals surface area (Å²) in [5.74, 6) is 2.79. The van der Waals surface area contributed by atoms with Gasteiger partial charge in [0, 0.05) is 56.8 Å². The largest absolute Gasteiger partial charge is 0.456 e. The van der Waals surface area contributed by atoms with Crippen LogP contribution in [-0.4, -0.2) is 23.6 Å². The number of allylic oxidation sites excluding steroid dienone is 4. The molecule has 1 aliphatic heterocycles. The molecule has 5 nitrogen and oxygen atoms in total. The Labute approximate surface area is 418 Å². The molecule has 4 unspecified atom stereocenters. The molecule has 3 aliphatic rings. The predicted molar refractivity (Wildman–Crippen MR) is 296 cm³/mol. The van der Waals surface area contributed by atoms with E-state index < -0.39 is 0 Å². The van der Waals surface area contributed by atoms with E-state index in [1.807, 2.05) is 18.2 Å². The lowest BCUT2D eigenvalue weighted by Crippen LogP contribution is -2.35. The van der Waals surface area contributed by atoms with Crippen LogP contribution in [-0.2, 0) is 0 Å². The van der Waals surface area contributed by atoms with Crippen molar-refractivity contribution in [2.75, 3.05) is 7.05 Å². The van der Waals surface area contributed by atoms with Crippen molar-refractivity contribution in [3.05, 3.63) is 263 Å². The highest BCUT2D eigenvalue weighted by Gasteiger charge is 2.38. The van der Waals surface area contributed by atoms with Gasteiger partial charge in [0.2, 0.25) is 0 Å². The van der Waals surface area contributed by atoms with Gasteiger partial charge in [0.15, 0.2) is 12.0 Å². The Hall–Kier alpha value is -8.80. The van der Waals surface area contributed by atoms with E-state index in [9.17, 15) is 0 Å². The topological polar surface area (TPSA) is 54.2 Å². The highest BCUT2D eigenvalue weighted by Crippen LogP contribution is 2.52. The minimum absolute atomic E-state index is 0.371. The normalized spacial score (nSPS) is 18.7. The summed E-state index contributed by atoms with van der Waals surface area (Å²) in [6.07, 6.45) is 5.56. The standard InChI is InChI=1S/C67H49N3O2/c1-41-50-34-31-47(38-57(50)52-25-12-13-26-54(52)62(41)43-19-8-4-9-20-43)45-23-14-24-46(37-45)48-33-36-59-58(39-48)63-56(29-16-30-60(63)71-59)65-68-66(44-21-10-5-11-22-44)70(2)67(69-65)49-32-35-53-55-28-15-27-51(42-17-6-3-7-18-42)64(55)72-61(53)40-49/h3-33,35-41,50,62,67H,34H2,1-2H3. The fraction of sp³-hybridized carbons (Fsp3) is 0.104. The van der Waals surface area contributed by atoms with Crippen LogP contribution >= 0.6 is 0 Å². The second-order valence-electron chi connectivity index (χ2n) is 19.7. The number of hydrogen-bond donors (Lipinski definition) is 0. The average Bonchev–Trinajstić information content (AvgIpc) is 4.02. The Balaban J connectivity index is 0.848. The van der Waals surface area contributed by atoms with Gasteiger partial charge in [0.1, 0.15) is 28.2 Å². The number of fused-ring (bicyclic) bond motifs is 9. The zero-order valence-electron chi connectivity index (χ0n) is 40.0. The molecule has 5 heteroatoms. The van der Waals surface area contributed by atoms with E-state index in [-0.39, 0.29) is 6.17 Å².